The summed E-state index contributed by atoms with van der Waals surface area (Å²) in [4.78, 5) is 0. The highest BCUT2D eigenvalue weighted by Gasteiger charge is 2.63. The van der Waals surface area contributed by atoms with Crippen LogP contribution in [0.4, 0.5) is 0 Å². The molecule has 3 aliphatic carbocycles. The van der Waals surface area contributed by atoms with E-state index < -0.39 is 0 Å². The summed E-state index contributed by atoms with van der Waals surface area (Å²) in [7, 11) is 0. The number of hydrogen-bond donors (Lipinski definition) is 0. The first-order chi connectivity index (χ1) is 49.4. The van der Waals surface area contributed by atoms with Gasteiger partial charge in [-0.15, -0.1) is 0 Å². The Kier molecular flexibility index (Phi) is 12.9. The maximum absolute atomic E-state index is 2.71. The van der Waals surface area contributed by atoms with Gasteiger partial charge in [-0.3, -0.25) is 0 Å². The Morgan fingerprint density at radius 2 is 0.535 bits per heavy atom. The Hall–Kier alpha value is -9.43. The van der Waals surface area contributed by atoms with Crippen molar-refractivity contribution in [2.45, 2.75) is 151 Å². The third-order valence-corrected chi connectivity index (χ3v) is 29.7. The molecular formula is C98H85B3. The average Bonchev–Trinajstić information content (AvgIpc) is 1.53. The SMILES string of the molecule is CC12CCCCC1(C)c1cc(-c3ccc4c5c(-c6ccccc6)c6c7ccc(-c8ccc9c(c8)C8(C)CCCCC8(C)B9c8ccccc8)c8c(-c9ccc%10c(c9)C9(C)CCCCC9(C)B%10c9ccccc9)ccc(c6c(-c6ccccc6)c5c5cccc3c54)c87)ccc1B2c1ccccc1. The van der Waals surface area contributed by atoms with Crippen molar-refractivity contribution in [3.05, 3.63) is 278 Å². The second-order valence-corrected chi connectivity index (χ2v) is 33.7. The topological polar surface area (TPSA) is 0 Å². The molecule has 0 amide bonds. The fourth-order valence-corrected chi connectivity index (χ4v) is 24.4. The summed E-state index contributed by atoms with van der Waals surface area (Å²) in [5, 5.41) is 16.6. The summed E-state index contributed by atoms with van der Waals surface area (Å²) in [5.74, 6) is 0. The largest absolute Gasteiger partial charge is 0.216 e. The van der Waals surface area contributed by atoms with Crippen molar-refractivity contribution < 1.29 is 0 Å². The molecule has 6 atom stereocenters. The molecule has 3 aliphatic heterocycles. The van der Waals surface area contributed by atoms with Gasteiger partial charge in [0.25, 0.3) is 0 Å². The molecule has 3 heteroatoms. The Morgan fingerprint density at radius 1 is 0.228 bits per heavy atom. The van der Waals surface area contributed by atoms with Crippen LogP contribution in [0.5, 0.6) is 0 Å². The average molecular weight is 1300 g/mol. The minimum atomic E-state index is 0.0285. The van der Waals surface area contributed by atoms with Crippen LogP contribution in [0.15, 0.2) is 261 Å². The first-order valence-electron chi connectivity index (χ1n) is 38.5. The maximum atomic E-state index is 2.71. The lowest BCUT2D eigenvalue weighted by molar-refractivity contribution is 0.243. The Bertz CT molecular complexity index is 5640. The number of fused-ring (bicyclic) bond motifs is 15. The zero-order valence-electron chi connectivity index (χ0n) is 59.5. The van der Waals surface area contributed by atoms with Crippen LogP contribution in [0.25, 0.3) is 120 Å². The molecule has 3 saturated carbocycles. The lowest BCUT2D eigenvalue weighted by atomic mass is 9.26. The van der Waals surface area contributed by atoms with Crippen LogP contribution >= 0.6 is 0 Å². The summed E-state index contributed by atoms with van der Waals surface area (Å²) in [6.45, 7) is 16.9. The summed E-state index contributed by atoms with van der Waals surface area (Å²) in [6, 6.07) is 104. The zero-order chi connectivity index (χ0) is 67.5. The van der Waals surface area contributed by atoms with Gasteiger partial charge in [0.15, 0.2) is 0 Å². The number of hydrogen-bond acceptors (Lipinski definition) is 0. The van der Waals surface area contributed by atoms with Gasteiger partial charge in [0, 0.05) is 0 Å². The van der Waals surface area contributed by atoms with E-state index in [0.717, 1.165) is 0 Å². The molecule has 101 heavy (non-hydrogen) atoms. The van der Waals surface area contributed by atoms with E-state index in [1.54, 1.807) is 16.7 Å². The smallest absolute Gasteiger partial charge is 0.0735 e. The molecule has 6 aliphatic rings. The Balaban J connectivity index is 0.854. The predicted molar refractivity (Wildman–Crippen MR) is 438 cm³/mol. The van der Waals surface area contributed by atoms with Gasteiger partial charge >= 0.3 is 0 Å². The molecule has 0 N–H and O–H groups in total. The molecule has 0 aromatic heterocycles. The van der Waals surface area contributed by atoms with E-state index in [-0.39, 0.29) is 32.2 Å². The first-order valence-corrected chi connectivity index (χ1v) is 38.5. The molecular weight excluding hydrogens is 1210 g/mol. The first kappa shape index (κ1) is 60.3. The van der Waals surface area contributed by atoms with Crippen molar-refractivity contribution in [2.24, 2.45) is 0 Å². The van der Waals surface area contributed by atoms with E-state index in [2.05, 4.69) is 302 Å². The summed E-state index contributed by atoms with van der Waals surface area (Å²) >= 11 is 0. The zero-order valence-corrected chi connectivity index (χ0v) is 59.5. The van der Waals surface area contributed by atoms with E-state index in [9.17, 15) is 0 Å². The molecule has 0 spiro atoms. The standard InChI is InChI=1S/C98H85B3/c1-93-53-22-25-56-96(93,4)99(67-33-16-9-17-34-67)81-50-41-64(59-78(81)93)70-44-47-75-86-73(70)39-28-40-74(86)89-84(62-29-12-7-13-30-62)91-76-48-45-71(65-42-51-82-79(60-65)94(2)54-23-26-57-97(94,5)100(82)68-35-18-10-19-36-68)87-72(46-49-77(88(76)87)92(91)85(90(75)89)63-31-14-8-15-32-63)66-43-52-83-80(61-66)95(3)55-24-27-58-98(95,6)101(83)69-37-20-11-21-38-69/h7-21,28-52,59-61H,22-27,53-58H2,1-6H3. The van der Waals surface area contributed by atoms with Gasteiger partial charge in [0.2, 0.25) is 20.1 Å². The third-order valence-electron chi connectivity index (χ3n) is 29.7. The molecule has 6 unspecified atom stereocenters. The van der Waals surface area contributed by atoms with E-state index in [1.807, 2.05) is 0 Å². The molecule has 21 rings (SSSR count). The highest BCUT2D eigenvalue weighted by atomic mass is 14.6. The minimum Gasteiger partial charge on any atom is -0.0735 e. The Morgan fingerprint density at radius 3 is 0.911 bits per heavy atom. The molecule has 0 radical (unpaired) electrons. The quantitative estimate of drug-likeness (QED) is 0.133. The van der Waals surface area contributed by atoms with Gasteiger partial charge in [-0.25, -0.2) is 0 Å². The summed E-state index contributed by atoms with van der Waals surface area (Å²) < 4.78 is 0. The van der Waals surface area contributed by atoms with Gasteiger partial charge in [-0.05, 0) is 188 Å². The van der Waals surface area contributed by atoms with Crippen LogP contribution in [0, 0.1) is 0 Å². The van der Waals surface area contributed by atoms with Crippen molar-refractivity contribution in [1.82, 2.24) is 0 Å². The maximum Gasteiger partial charge on any atom is 0.216 e. The van der Waals surface area contributed by atoms with Crippen molar-refractivity contribution >= 4 is 118 Å². The second kappa shape index (κ2) is 21.6. The second-order valence-electron chi connectivity index (χ2n) is 33.7. The fourth-order valence-electron chi connectivity index (χ4n) is 24.4. The van der Waals surface area contributed by atoms with Crippen LogP contribution in [0.3, 0.4) is 0 Å². The summed E-state index contributed by atoms with van der Waals surface area (Å²) in [5.41, 5.74) is 27.0. The molecule has 3 fully saturated rings. The third kappa shape index (κ3) is 7.87. The summed E-state index contributed by atoms with van der Waals surface area (Å²) in [6.07, 6.45) is 15.0. The molecule has 486 valence electrons. The molecule has 0 saturated heterocycles. The van der Waals surface area contributed by atoms with Gasteiger partial charge in [0.1, 0.15) is 0 Å². The number of benzene rings is 13. The van der Waals surface area contributed by atoms with Crippen molar-refractivity contribution in [1.29, 1.82) is 0 Å². The van der Waals surface area contributed by atoms with Crippen LogP contribution in [-0.4, -0.2) is 20.1 Å². The highest BCUT2D eigenvalue weighted by molar-refractivity contribution is 6.90. The van der Waals surface area contributed by atoms with Crippen LogP contribution in [-0.2, 0) is 16.2 Å². The monoisotopic (exact) mass is 1290 g/mol. The van der Waals surface area contributed by atoms with E-state index in [4.69, 9.17) is 0 Å². The van der Waals surface area contributed by atoms with Crippen molar-refractivity contribution in [3.63, 3.8) is 0 Å². The van der Waals surface area contributed by atoms with Crippen LogP contribution in [0.2, 0.25) is 15.9 Å². The lowest BCUT2D eigenvalue weighted by Gasteiger charge is -2.48. The fraction of sp³-hybridized carbons (Fsp3) is 0.245. The van der Waals surface area contributed by atoms with Crippen molar-refractivity contribution in [3.8, 4) is 55.6 Å². The minimum absolute atomic E-state index is 0.0285. The normalized spacial score (nSPS) is 24.4. The molecule has 15 aromatic rings. The predicted octanol–water partition coefficient (Wildman–Crippen LogP) is 22.5. The lowest BCUT2D eigenvalue weighted by Crippen LogP contribution is -2.51. The molecule has 0 bridgehead atoms. The molecule has 3 heterocycles. The van der Waals surface area contributed by atoms with E-state index in [1.165, 1.54) is 230 Å². The Labute approximate surface area is 597 Å². The molecule has 15 aromatic carbocycles. The molecule has 0 nitrogen and oxygen atoms in total. The van der Waals surface area contributed by atoms with Gasteiger partial charge in [0.05, 0.1) is 0 Å². The van der Waals surface area contributed by atoms with Gasteiger partial charge in [-0.2, -0.15) is 0 Å². The van der Waals surface area contributed by atoms with Crippen LogP contribution < -0.4 is 32.8 Å². The van der Waals surface area contributed by atoms with Gasteiger partial charge < -0.3 is 0 Å². The van der Waals surface area contributed by atoms with E-state index >= 15 is 0 Å². The van der Waals surface area contributed by atoms with Crippen LogP contribution in [0.1, 0.15) is 135 Å². The number of rotatable bonds is 8. The van der Waals surface area contributed by atoms with Gasteiger partial charge in [-0.1, -0.05) is 393 Å². The highest BCUT2D eigenvalue weighted by Crippen LogP contribution is 2.66. The van der Waals surface area contributed by atoms with Crippen molar-refractivity contribution in [2.75, 3.05) is 0 Å². The van der Waals surface area contributed by atoms with E-state index in [0.29, 0.717) is 20.1 Å².